The van der Waals surface area contributed by atoms with E-state index in [0.29, 0.717) is 19.0 Å². The van der Waals surface area contributed by atoms with Crippen LogP contribution in [0.15, 0.2) is 41.9 Å². The smallest absolute Gasteiger partial charge is 0.189 e. The van der Waals surface area contributed by atoms with Gasteiger partial charge in [0, 0.05) is 45.0 Å². The molecule has 1 aromatic rings. The Balaban J connectivity index is 1.46. The van der Waals surface area contributed by atoms with Crippen LogP contribution >= 0.6 is 0 Å². The molecule has 0 bridgehead atoms. The first-order valence-electron chi connectivity index (χ1n) is 8.95. The molecular formula is C19H29N5. The quantitative estimate of drug-likeness (QED) is 0.456. The highest BCUT2D eigenvalue weighted by Crippen LogP contribution is 2.30. The fourth-order valence-electron chi connectivity index (χ4n) is 3.08. The van der Waals surface area contributed by atoms with Gasteiger partial charge in [-0.15, -0.1) is 6.58 Å². The number of guanidine groups is 1. The number of hydrogen-bond donors (Lipinski definition) is 2. The average Bonchev–Trinajstić information content (AvgIpc) is 3.43. The van der Waals surface area contributed by atoms with Crippen LogP contribution in [0, 0.1) is 5.92 Å². The van der Waals surface area contributed by atoms with Gasteiger partial charge in [-0.1, -0.05) is 18.2 Å². The molecule has 5 nitrogen and oxygen atoms in total. The Bertz CT molecular complexity index is 554. The molecule has 1 heterocycles. The zero-order chi connectivity index (χ0) is 16.8. The summed E-state index contributed by atoms with van der Waals surface area (Å²) in [6, 6.07) is 8.70. The van der Waals surface area contributed by atoms with Crippen molar-refractivity contribution in [3.8, 4) is 0 Å². The predicted octanol–water partition coefficient (Wildman–Crippen LogP) is 1.81. The third-order valence-electron chi connectivity index (χ3n) is 4.75. The van der Waals surface area contributed by atoms with Crippen molar-refractivity contribution in [3.63, 3.8) is 0 Å². The number of aliphatic imine (C=N–C) groups is 1. The second kappa shape index (κ2) is 8.20. The van der Waals surface area contributed by atoms with Gasteiger partial charge in [0.05, 0.1) is 6.54 Å². The molecule has 5 heteroatoms. The molecule has 130 valence electrons. The number of nitrogens with zero attached hydrogens (tertiary/aromatic N) is 3. The SMILES string of the molecule is C=CCNC(N)=NCc1ccc(N2CCN(CC3CC3)CC2)cc1. The van der Waals surface area contributed by atoms with Crippen LogP contribution in [-0.4, -0.2) is 50.1 Å². The fraction of sp³-hybridized carbons (Fsp3) is 0.526. The van der Waals surface area contributed by atoms with Gasteiger partial charge in [-0.2, -0.15) is 0 Å². The van der Waals surface area contributed by atoms with E-state index in [1.807, 2.05) is 0 Å². The zero-order valence-electron chi connectivity index (χ0n) is 14.5. The van der Waals surface area contributed by atoms with Crippen molar-refractivity contribution in [1.82, 2.24) is 10.2 Å². The molecular weight excluding hydrogens is 298 g/mol. The average molecular weight is 327 g/mol. The monoisotopic (exact) mass is 327 g/mol. The summed E-state index contributed by atoms with van der Waals surface area (Å²) in [7, 11) is 0. The third kappa shape index (κ3) is 4.99. The van der Waals surface area contributed by atoms with Crippen LogP contribution in [-0.2, 0) is 6.54 Å². The van der Waals surface area contributed by atoms with E-state index in [1.54, 1.807) is 6.08 Å². The Morgan fingerprint density at radius 3 is 2.54 bits per heavy atom. The number of nitrogens with one attached hydrogen (secondary N) is 1. The number of hydrogen-bond acceptors (Lipinski definition) is 3. The predicted molar refractivity (Wildman–Crippen MR) is 101 cm³/mol. The van der Waals surface area contributed by atoms with Gasteiger partial charge >= 0.3 is 0 Å². The highest BCUT2D eigenvalue weighted by Gasteiger charge is 2.26. The Kier molecular flexibility index (Phi) is 5.75. The first-order chi connectivity index (χ1) is 11.7. The molecule has 1 aliphatic heterocycles. The molecule has 3 rings (SSSR count). The number of nitrogens with two attached hydrogens (primary N) is 1. The molecule has 2 aliphatic rings. The summed E-state index contributed by atoms with van der Waals surface area (Å²) < 4.78 is 0. The van der Waals surface area contributed by atoms with E-state index >= 15 is 0 Å². The number of piperazine rings is 1. The van der Waals surface area contributed by atoms with Gasteiger partial charge < -0.3 is 16.0 Å². The molecule has 3 N–H and O–H groups in total. The lowest BCUT2D eigenvalue weighted by Gasteiger charge is -2.36. The van der Waals surface area contributed by atoms with Crippen LogP contribution in [0.4, 0.5) is 5.69 Å². The fourth-order valence-corrected chi connectivity index (χ4v) is 3.08. The highest BCUT2D eigenvalue weighted by molar-refractivity contribution is 5.77. The van der Waals surface area contributed by atoms with Crippen LogP contribution in [0.5, 0.6) is 0 Å². The minimum absolute atomic E-state index is 0.464. The van der Waals surface area contributed by atoms with E-state index in [9.17, 15) is 0 Å². The summed E-state index contributed by atoms with van der Waals surface area (Å²) in [4.78, 5) is 9.44. The van der Waals surface area contributed by atoms with Crippen LogP contribution < -0.4 is 16.0 Å². The van der Waals surface area contributed by atoms with Gasteiger partial charge in [0.15, 0.2) is 5.96 Å². The van der Waals surface area contributed by atoms with Crippen molar-refractivity contribution in [2.24, 2.45) is 16.6 Å². The van der Waals surface area contributed by atoms with Crippen molar-refractivity contribution in [3.05, 3.63) is 42.5 Å². The van der Waals surface area contributed by atoms with Crippen LogP contribution in [0.25, 0.3) is 0 Å². The van der Waals surface area contributed by atoms with Crippen molar-refractivity contribution in [1.29, 1.82) is 0 Å². The Morgan fingerprint density at radius 1 is 1.21 bits per heavy atom. The largest absolute Gasteiger partial charge is 0.370 e. The molecule has 1 aromatic carbocycles. The maximum atomic E-state index is 5.78. The highest BCUT2D eigenvalue weighted by atomic mass is 15.3. The molecule has 0 spiro atoms. The molecule has 1 saturated carbocycles. The lowest BCUT2D eigenvalue weighted by molar-refractivity contribution is 0.248. The van der Waals surface area contributed by atoms with E-state index in [1.165, 1.54) is 43.7 Å². The van der Waals surface area contributed by atoms with Gasteiger partial charge in [0.1, 0.15) is 0 Å². The lowest BCUT2D eigenvalue weighted by Crippen LogP contribution is -2.47. The normalized spacial score (nSPS) is 19.3. The van der Waals surface area contributed by atoms with E-state index in [4.69, 9.17) is 5.73 Å². The zero-order valence-corrected chi connectivity index (χ0v) is 14.5. The van der Waals surface area contributed by atoms with Crippen LogP contribution in [0.1, 0.15) is 18.4 Å². The topological polar surface area (TPSA) is 56.9 Å². The minimum atomic E-state index is 0.464. The Labute approximate surface area is 145 Å². The summed E-state index contributed by atoms with van der Waals surface area (Å²) in [5.41, 5.74) is 8.27. The maximum Gasteiger partial charge on any atom is 0.189 e. The number of rotatable bonds is 7. The van der Waals surface area contributed by atoms with Crippen molar-refractivity contribution in [2.75, 3.05) is 44.2 Å². The summed E-state index contributed by atoms with van der Waals surface area (Å²) >= 11 is 0. The van der Waals surface area contributed by atoms with Crippen LogP contribution in [0.2, 0.25) is 0 Å². The standard InChI is InChI=1S/C19H29N5/c1-2-9-21-19(20)22-14-16-5-7-18(8-6-16)24-12-10-23(11-13-24)15-17-3-4-17/h2,5-8,17H,1,3-4,9-15H2,(H3,20,21,22). The lowest BCUT2D eigenvalue weighted by atomic mass is 10.1. The first-order valence-corrected chi connectivity index (χ1v) is 8.95. The van der Waals surface area contributed by atoms with Gasteiger partial charge in [-0.05, 0) is 36.5 Å². The minimum Gasteiger partial charge on any atom is -0.370 e. The molecule has 0 amide bonds. The molecule has 2 fully saturated rings. The molecule has 24 heavy (non-hydrogen) atoms. The van der Waals surface area contributed by atoms with E-state index in [0.717, 1.165) is 19.0 Å². The first kappa shape index (κ1) is 16.8. The Morgan fingerprint density at radius 2 is 1.92 bits per heavy atom. The Hall–Kier alpha value is -2.01. The summed E-state index contributed by atoms with van der Waals surface area (Å²) in [6.45, 7) is 10.8. The maximum absolute atomic E-state index is 5.78. The molecule has 0 radical (unpaired) electrons. The van der Waals surface area contributed by atoms with E-state index < -0.39 is 0 Å². The summed E-state index contributed by atoms with van der Waals surface area (Å²) in [6.07, 6.45) is 4.65. The summed E-state index contributed by atoms with van der Waals surface area (Å²) in [5, 5.41) is 2.98. The van der Waals surface area contributed by atoms with Gasteiger partial charge in [0.25, 0.3) is 0 Å². The van der Waals surface area contributed by atoms with Crippen molar-refractivity contribution < 1.29 is 0 Å². The van der Waals surface area contributed by atoms with Crippen molar-refractivity contribution in [2.45, 2.75) is 19.4 Å². The van der Waals surface area contributed by atoms with Gasteiger partial charge in [-0.25, -0.2) is 4.99 Å². The summed E-state index contributed by atoms with van der Waals surface area (Å²) in [5.74, 6) is 1.45. The van der Waals surface area contributed by atoms with E-state index in [2.05, 4.69) is 51.0 Å². The molecule has 0 atom stereocenters. The molecule has 1 saturated heterocycles. The van der Waals surface area contributed by atoms with Crippen LogP contribution in [0.3, 0.4) is 0 Å². The van der Waals surface area contributed by atoms with E-state index in [-0.39, 0.29) is 0 Å². The second-order valence-corrected chi connectivity index (χ2v) is 6.77. The second-order valence-electron chi connectivity index (χ2n) is 6.77. The molecule has 0 aromatic heterocycles. The van der Waals surface area contributed by atoms with Gasteiger partial charge in [0.2, 0.25) is 0 Å². The van der Waals surface area contributed by atoms with Gasteiger partial charge in [-0.3, -0.25) is 4.90 Å². The number of anilines is 1. The molecule has 0 unspecified atom stereocenters. The number of benzene rings is 1. The third-order valence-corrected chi connectivity index (χ3v) is 4.75. The molecule has 1 aliphatic carbocycles. The van der Waals surface area contributed by atoms with Crippen molar-refractivity contribution >= 4 is 11.6 Å².